The van der Waals surface area contributed by atoms with Gasteiger partial charge in [-0.05, 0) is 49.6 Å². The van der Waals surface area contributed by atoms with Gasteiger partial charge in [0.2, 0.25) is 0 Å². The molecular weight excluding hydrogens is 442 g/mol. The lowest BCUT2D eigenvalue weighted by molar-refractivity contribution is 0.0281. The van der Waals surface area contributed by atoms with Crippen molar-refractivity contribution < 1.29 is 22.7 Å². The summed E-state index contributed by atoms with van der Waals surface area (Å²) in [6.07, 6.45) is -0.148. The average Bonchev–Trinajstić information content (AvgIpc) is 2.78. The number of nitrogens with one attached hydrogen (secondary N) is 2. The Morgan fingerprint density at radius 3 is 2.61 bits per heavy atom. The number of amides is 1. The van der Waals surface area contributed by atoms with Crippen LogP contribution in [0.15, 0.2) is 47.4 Å². The molecule has 2 aromatic rings. The summed E-state index contributed by atoms with van der Waals surface area (Å²) in [5, 5.41) is 3.44. The Hall–Kier alpha value is -2.62. The molecule has 0 radical (unpaired) electrons. The van der Waals surface area contributed by atoms with Crippen LogP contribution >= 0.6 is 0 Å². The smallest absolute Gasteiger partial charge is 0.262 e. The molecule has 180 valence electrons. The van der Waals surface area contributed by atoms with Crippen LogP contribution < -0.4 is 14.8 Å². The summed E-state index contributed by atoms with van der Waals surface area (Å²) in [5.74, 6) is 0.318. The van der Waals surface area contributed by atoms with E-state index in [1.807, 2.05) is 6.92 Å². The number of nitrogens with zero attached hydrogens (tertiary/aromatic N) is 1. The first-order chi connectivity index (χ1) is 15.6. The third-order valence-corrected chi connectivity index (χ3v) is 7.40. The minimum absolute atomic E-state index is 0.0595. The van der Waals surface area contributed by atoms with E-state index >= 15 is 0 Å². The Bertz CT molecular complexity index is 1090. The minimum Gasteiger partial charge on any atom is -0.491 e. The van der Waals surface area contributed by atoms with Gasteiger partial charge in [0, 0.05) is 39.0 Å². The predicted molar refractivity (Wildman–Crippen MR) is 128 cm³/mol. The number of anilines is 1. The molecular formula is C24H33N3O5S. The van der Waals surface area contributed by atoms with Gasteiger partial charge >= 0.3 is 0 Å². The third kappa shape index (κ3) is 6.04. The molecule has 0 aromatic heterocycles. The average molecular weight is 476 g/mol. The second-order valence-electron chi connectivity index (χ2n) is 8.64. The minimum atomic E-state index is -3.82. The quantitative estimate of drug-likeness (QED) is 0.706. The molecule has 0 fully saturated rings. The van der Waals surface area contributed by atoms with Crippen molar-refractivity contribution in [2.45, 2.75) is 37.8 Å². The van der Waals surface area contributed by atoms with Gasteiger partial charge < -0.3 is 19.7 Å². The normalized spacial score (nSPS) is 22.5. The summed E-state index contributed by atoms with van der Waals surface area (Å²) in [6.45, 7) is 7.32. The summed E-state index contributed by atoms with van der Waals surface area (Å²) >= 11 is 0. The zero-order chi connectivity index (χ0) is 24.2. The molecule has 0 bridgehead atoms. The molecule has 3 rings (SSSR count). The van der Waals surface area contributed by atoms with Crippen molar-refractivity contribution >= 4 is 21.6 Å². The summed E-state index contributed by atoms with van der Waals surface area (Å²) in [6, 6.07) is 11.6. The van der Waals surface area contributed by atoms with Crippen LogP contribution in [0.4, 0.5) is 5.69 Å². The molecule has 0 saturated carbocycles. The highest BCUT2D eigenvalue weighted by molar-refractivity contribution is 7.92. The molecule has 33 heavy (non-hydrogen) atoms. The van der Waals surface area contributed by atoms with Gasteiger partial charge in [-0.3, -0.25) is 9.52 Å². The van der Waals surface area contributed by atoms with E-state index in [1.54, 1.807) is 62.4 Å². The molecule has 2 N–H and O–H groups in total. The van der Waals surface area contributed by atoms with Crippen molar-refractivity contribution in [3.63, 3.8) is 0 Å². The standard InChI is InChI=1S/C24H33N3O5S/c1-16-8-6-7-9-23(16)33(29,30)26-19-10-11-21-20(12-19)24(28)27(4)14-22(31-5)17(2)13-25-18(3)15-32-21/h6-12,17-18,22,25-26H,13-15H2,1-5H3/t17-,18+,22+/m1/s1. The van der Waals surface area contributed by atoms with Crippen molar-refractivity contribution in [1.82, 2.24) is 10.2 Å². The molecule has 8 nitrogen and oxygen atoms in total. The summed E-state index contributed by atoms with van der Waals surface area (Å²) in [4.78, 5) is 15.1. The Labute approximate surface area is 196 Å². The van der Waals surface area contributed by atoms with Gasteiger partial charge in [0.1, 0.15) is 12.4 Å². The fourth-order valence-electron chi connectivity index (χ4n) is 3.79. The van der Waals surface area contributed by atoms with Crippen LogP contribution in [-0.4, -0.2) is 65.2 Å². The van der Waals surface area contributed by atoms with Gasteiger partial charge in [0.15, 0.2) is 0 Å². The zero-order valence-corrected chi connectivity index (χ0v) is 20.6. The van der Waals surface area contributed by atoms with E-state index < -0.39 is 10.0 Å². The molecule has 1 aliphatic heterocycles. The number of hydrogen-bond acceptors (Lipinski definition) is 6. The lowest BCUT2D eigenvalue weighted by Crippen LogP contribution is -2.44. The molecule has 3 atom stereocenters. The van der Waals surface area contributed by atoms with Crippen LogP contribution in [0.5, 0.6) is 5.75 Å². The molecule has 0 aliphatic carbocycles. The van der Waals surface area contributed by atoms with Gasteiger partial charge in [-0.25, -0.2) is 8.42 Å². The predicted octanol–water partition coefficient (Wildman–Crippen LogP) is 2.89. The zero-order valence-electron chi connectivity index (χ0n) is 19.8. The summed E-state index contributed by atoms with van der Waals surface area (Å²) in [7, 11) is -0.468. The Balaban J connectivity index is 1.95. The summed E-state index contributed by atoms with van der Waals surface area (Å²) < 4.78 is 40.1. The highest BCUT2D eigenvalue weighted by Gasteiger charge is 2.26. The van der Waals surface area contributed by atoms with E-state index in [0.29, 0.717) is 24.5 Å². The number of likely N-dealkylation sites (N-methyl/N-ethyl adjacent to an activating group) is 1. The number of carbonyl (C=O) groups is 1. The highest BCUT2D eigenvalue weighted by Crippen LogP contribution is 2.27. The maximum absolute atomic E-state index is 13.3. The summed E-state index contributed by atoms with van der Waals surface area (Å²) in [5.41, 5.74) is 1.21. The fraction of sp³-hybridized carbons (Fsp3) is 0.458. The van der Waals surface area contributed by atoms with Gasteiger partial charge in [-0.15, -0.1) is 0 Å². The first-order valence-corrected chi connectivity index (χ1v) is 12.5. The number of aryl methyl sites for hydroxylation is 1. The second kappa shape index (κ2) is 10.5. The van der Waals surface area contributed by atoms with Gasteiger partial charge in [0.05, 0.1) is 16.6 Å². The Morgan fingerprint density at radius 2 is 1.91 bits per heavy atom. The number of sulfonamides is 1. The number of rotatable bonds is 4. The van der Waals surface area contributed by atoms with Gasteiger partial charge in [-0.1, -0.05) is 25.1 Å². The lowest BCUT2D eigenvalue weighted by atomic mass is 10.0. The topological polar surface area (TPSA) is 97.0 Å². The number of carbonyl (C=O) groups excluding carboxylic acids is 1. The molecule has 0 saturated heterocycles. The first kappa shape index (κ1) is 25.0. The van der Waals surface area contributed by atoms with Crippen LogP contribution in [0.3, 0.4) is 0 Å². The molecule has 1 aliphatic rings. The molecule has 0 unspecified atom stereocenters. The lowest BCUT2D eigenvalue weighted by Gasteiger charge is -2.30. The number of methoxy groups -OCH3 is 1. The molecule has 1 heterocycles. The number of benzene rings is 2. The highest BCUT2D eigenvalue weighted by atomic mass is 32.2. The van der Waals surface area contributed by atoms with Crippen molar-refractivity contribution in [3.05, 3.63) is 53.6 Å². The second-order valence-corrected chi connectivity index (χ2v) is 10.3. The first-order valence-electron chi connectivity index (χ1n) is 11.0. The van der Waals surface area contributed by atoms with Crippen LogP contribution in [0.25, 0.3) is 0 Å². The number of hydrogen-bond donors (Lipinski definition) is 2. The van der Waals surface area contributed by atoms with E-state index in [-0.39, 0.29) is 40.1 Å². The maximum Gasteiger partial charge on any atom is 0.262 e. The molecule has 0 spiro atoms. The number of fused-ring (bicyclic) bond motifs is 1. The van der Waals surface area contributed by atoms with Crippen molar-refractivity contribution in [1.29, 1.82) is 0 Å². The third-order valence-electron chi connectivity index (χ3n) is 5.86. The Kier molecular flexibility index (Phi) is 7.99. The molecule has 2 aromatic carbocycles. The van der Waals surface area contributed by atoms with Crippen molar-refractivity contribution in [2.75, 3.05) is 38.6 Å². The Morgan fingerprint density at radius 1 is 1.18 bits per heavy atom. The van der Waals surface area contributed by atoms with E-state index in [9.17, 15) is 13.2 Å². The fourth-order valence-corrected chi connectivity index (χ4v) is 5.09. The van der Waals surface area contributed by atoms with Crippen LogP contribution in [0, 0.1) is 12.8 Å². The van der Waals surface area contributed by atoms with Crippen molar-refractivity contribution in [2.24, 2.45) is 5.92 Å². The van der Waals surface area contributed by atoms with E-state index in [1.165, 1.54) is 6.07 Å². The van der Waals surface area contributed by atoms with E-state index in [2.05, 4.69) is 17.0 Å². The SMILES string of the molecule is CO[C@H]1CN(C)C(=O)c2cc(NS(=O)(=O)c3ccccc3C)ccc2OC[C@H](C)NC[C@H]1C. The van der Waals surface area contributed by atoms with Gasteiger partial charge in [-0.2, -0.15) is 0 Å². The van der Waals surface area contributed by atoms with E-state index in [4.69, 9.17) is 9.47 Å². The van der Waals surface area contributed by atoms with Gasteiger partial charge in [0.25, 0.3) is 15.9 Å². The molecule has 9 heteroatoms. The van der Waals surface area contributed by atoms with E-state index in [0.717, 1.165) is 6.54 Å². The van der Waals surface area contributed by atoms with Crippen molar-refractivity contribution in [3.8, 4) is 5.75 Å². The van der Waals surface area contributed by atoms with Crippen LogP contribution in [-0.2, 0) is 14.8 Å². The maximum atomic E-state index is 13.3. The monoisotopic (exact) mass is 475 g/mol. The van der Waals surface area contributed by atoms with Crippen LogP contribution in [0.2, 0.25) is 0 Å². The number of ether oxygens (including phenoxy) is 2. The largest absolute Gasteiger partial charge is 0.491 e. The van der Waals surface area contributed by atoms with Crippen LogP contribution in [0.1, 0.15) is 29.8 Å². The molecule has 1 amide bonds.